The van der Waals surface area contributed by atoms with Crippen LogP contribution in [-0.2, 0) is 26.0 Å². The van der Waals surface area contributed by atoms with E-state index in [9.17, 15) is 47.8 Å². The van der Waals surface area contributed by atoms with E-state index >= 15 is 0 Å². The lowest BCUT2D eigenvalue weighted by molar-refractivity contribution is -0.432. The third-order valence-electron chi connectivity index (χ3n) is 8.25. The van der Waals surface area contributed by atoms with E-state index in [0.29, 0.717) is 6.07 Å². The van der Waals surface area contributed by atoms with Crippen molar-refractivity contribution in [1.29, 1.82) is 0 Å². The van der Waals surface area contributed by atoms with Crippen molar-refractivity contribution < 1.29 is 67.1 Å². The molecule has 25 heteroatoms. The number of carbonyl (C=O) groups excluding carboxylic acids is 1. The molecule has 0 atom stereocenters. The van der Waals surface area contributed by atoms with Gasteiger partial charge in [0.05, 0.1) is 52.7 Å². The summed E-state index contributed by atoms with van der Waals surface area (Å²) in [5, 5.41) is 78.4. The van der Waals surface area contributed by atoms with Crippen LogP contribution in [0.1, 0.15) is 33.2 Å². The van der Waals surface area contributed by atoms with Gasteiger partial charge in [-0.2, -0.15) is 13.5 Å². The molecular formula is C34H30N8O15S2. The number of aromatic carboxylic acids is 1. The number of phenols is 2. The Labute approximate surface area is 335 Å². The zero-order chi connectivity index (χ0) is 43.3. The molecule has 0 saturated heterocycles. The molecule has 8 N–H and O–H groups in total. The van der Waals surface area contributed by atoms with Gasteiger partial charge in [-0.05, 0) is 49.6 Å². The van der Waals surface area contributed by atoms with E-state index in [1.165, 1.54) is 45.4 Å². The molecule has 5 aromatic rings. The van der Waals surface area contributed by atoms with Crippen LogP contribution in [0, 0.1) is 6.92 Å². The second kappa shape index (κ2) is 17.6. The van der Waals surface area contributed by atoms with E-state index in [1.54, 1.807) is 6.92 Å². The van der Waals surface area contributed by atoms with Gasteiger partial charge >= 0.3 is 5.97 Å². The van der Waals surface area contributed by atoms with Crippen LogP contribution in [0.5, 0.6) is 28.9 Å². The monoisotopic (exact) mass is 854 g/mol. The maximum absolute atomic E-state index is 12.7. The van der Waals surface area contributed by atoms with Gasteiger partial charge in [-0.15, -0.1) is 29.9 Å². The minimum Gasteiger partial charge on any atom is -0.507 e. The second-order valence-corrected chi connectivity index (χ2v) is 13.9. The fourth-order valence-corrected chi connectivity index (χ4v) is 6.53. The van der Waals surface area contributed by atoms with Crippen LogP contribution in [0.3, 0.4) is 0 Å². The number of fused-ring (bicyclic) bond motifs is 1. The summed E-state index contributed by atoms with van der Waals surface area (Å²) in [4.78, 5) is 36.1. The van der Waals surface area contributed by atoms with Crippen molar-refractivity contribution in [2.24, 2.45) is 36.4 Å². The van der Waals surface area contributed by atoms with Crippen molar-refractivity contribution in [1.82, 2.24) is 4.57 Å². The molecule has 0 unspecified atom stereocenters. The lowest BCUT2D eigenvalue weighted by atomic mass is 10.1. The number of pyridine rings is 1. The highest BCUT2D eigenvalue weighted by Crippen LogP contribution is 2.48. The van der Waals surface area contributed by atoms with Gasteiger partial charge in [-0.1, -0.05) is 5.04 Å². The maximum Gasteiger partial charge on any atom is 0.338 e. The molecule has 1 aromatic heterocycles. The smallest absolute Gasteiger partial charge is 0.338 e. The van der Waals surface area contributed by atoms with E-state index in [4.69, 9.17) is 20.5 Å². The molecule has 0 bridgehead atoms. The van der Waals surface area contributed by atoms with Gasteiger partial charge < -0.3 is 35.6 Å². The molecule has 4 aromatic carbocycles. The van der Waals surface area contributed by atoms with E-state index in [2.05, 4.69) is 40.1 Å². The van der Waals surface area contributed by atoms with Crippen molar-refractivity contribution >= 4 is 78.9 Å². The third kappa shape index (κ3) is 8.93. The summed E-state index contributed by atoms with van der Waals surface area (Å²) in [6.07, 6.45) is 0. The van der Waals surface area contributed by atoms with Gasteiger partial charge in [0, 0.05) is 30.3 Å². The van der Waals surface area contributed by atoms with Gasteiger partial charge in [0.25, 0.3) is 21.6 Å². The van der Waals surface area contributed by atoms with E-state index in [1.807, 2.05) is 0 Å². The minimum absolute atomic E-state index is 0.00197. The number of aromatic nitrogens is 1. The van der Waals surface area contributed by atoms with Gasteiger partial charge in [-0.25, -0.2) is 10.1 Å². The summed E-state index contributed by atoms with van der Waals surface area (Å²) in [6, 6.07) is 9.09. The van der Waals surface area contributed by atoms with E-state index in [0.717, 1.165) is 22.8 Å². The lowest BCUT2D eigenvalue weighted by Gasteiger charge is -2.13. The number of amides is 1. The molecule has 0 saturated carbocycles. The Balaban J connectivity index is 1.51. The Kier molecular flexibility index (Phi) is 12.9. The van der Waals surface area contributed by atoms with Crippen LogP contribution >= 0.6 is 12.0 Å². The van der Waals surface area contributed by atoms with Crippen molar-refractivity contribution in [3.8, 4) is 28.9 Å². The normalized spacial score (nSPS) is 12.0. The number of azo groups is 3. The Morgan fingerprint density at radius 2 is 1.47 bits per heavy atom. The summed E-state index contributed by atoms with van der Waals surface area (Å²) in [5.74, 6) is -4.43. The first-order chi connectivity index (χ1) is 27.9. The van der Waals surface area contributed by atoms with Crippen molar-refractivity contribution in [2.45, 2.75) is 30.2 Å². The molecule has 59 heavy (non-hydrogen) atoms. The number of phenolic OH excluding ortho intramolecular Hbond substituents is 2. The predicted molar refractivity (Wildman–Crippen MR) is 205 cm³/mol. The van der Waals surface area contributed by atoms with Crippen LogP contribution in [0.25, 0.3) is 10.8 Å². The molecule has 1 amide bonds. The van der Waals surface area contributed by atoms with Crippen LogP contribution in [0.2, 0.25) is 0 Å². The molecule has 308 valence electrons. The highest BCUT2D eigenvalue weighted by Gasteiger charge is 2.24. The number of hydrogen-bond donors (Lipinski definition) is 7. The number of nitrogens with zero attached hydrogens (tertiary/aromatic N) is 7. The molecule has 1 heterocycles. The highest BCUT2D eigenvalue weighted by molar-refractivity contribution is 7.94. The minimum atomic E-state index is -4.78. The molecule has 5 rings (SSSR count). The Bertz CT molecular complexity index is 2790. The van der Waals surface area contributed by atoms with Crippen molar-refractivity contribution in [2.75, 3.05) is 14.2 Å². The van der Waals surface area contributed by atoms with E-state index < -0.39 is 61.1 Å². The number of benzene rings is 4. The quantitative estimate of drug-likeness (QED) is 0.0180. The third-order valence-corrected chi connectivity index (χ3v) is 9.70. The van der Waals surface area contributed by atoms with E-state index in [-0.39, 0.29) is 85.3 Å². The molecule has 0 fully saturated rings. The standard InChI is InChI=1S/C34H30N8O15S2/c1-5-42-32(46)26(31(35)45)14(2)28(33(42)47)40-39-21-13-23(54-3)20(12-24(21)55-4)38-36-16-6-7-19(18(10-16)34(48)49)37-41-29-25(58-57-56-50)9-15-8-17(59(51,52)53)11-22(43)27(15)30(29)44/h6-13,43-44,47,50H,5H2,1-4H3,(H2,35,45)(H,48,49)(H,51,52,53). The largest absolute Gasteiger partial charge is 0.507 e. The SMILES string of the molecule is CCn1c(O)c(N=Nc2cc(OC)c(N=Nc3ccc(N=Nc4c(SOOO)cc5cc(S(=O)(=O)O)cc(O)c5c4O)c(C(=O)O)c3)cc2OC)c(C)c(C(N)=O)c1=O. The van der Waals surface area contributed by atoms with Crippen LogP contribution in [0.4, 0.5) is 34.1 Å². The number of ether oxygens (including phenoxy) is 2. The number of methoxy groups -OCH3 is 2. The number of carboxylic acids is 1. The van der Waals surface area contributed by atoms with Gasteiger partial charge in [-0.3, -0.25) is 18.7 Å². The van der Waals surface area contributed by atoms with Crippen molar-refractivity contribution in [3.63, 3.8) is 0 Å². The highest BCUT2D eigenvalue weighted by atomic mass is 32.2. The number of nitrogens with two attached hydrogens (primary N) is 1. The molecule has 0 radical (unpaired) electrons. The Morgan fingerprint density at radius 3 is 2.03 bits per heavy atom. The second-order valence-electron chi connectivity index (χ2n) is 11.7. The van der Waals surface area contributed by atoms with Gasteiger partial charge in [0.1, 0.15) is 51.2 Å². The average molecular weight is 855 g/mol. The van der Waals surface area contributed by atoms with Crippen LogP contribution < -0.4 is 20.8 Å². The van der Waals surface area contributed by atoms with Crippen LogP contribution in [0.15, 0.2) is 93.8 Å². The summed E-state index contributed by atoms with van der Waals surface area (Å²) >= 11 is 0.270. The average Bonchev–Trinajstić information content (AvgIpc) is 3.18. The summed E-state index contributed by atoms with van der Waals surface area (Å²) in [6.45, 7) is 2.94. The molecule has 0 spiro atoms. The maximum atomic E-state index is 12.7. The molecule has 23 nitrogen and oxygen atoms in total. The number of aromatic hydroxyl groups is 3. The molecule has 0 aliphatic rings. The topological polar surface area (TPSA) is 349 Å². The number of hydrogen-bond acceptors (Lipinski definition) is 20. The Morgan fingerprint density at radius 1 is 0.864 bits per heavy atom. The predicted octanol–water partition coefficient (Wildman–Crippen LogP) is 7.18. The first kappa shape index (κ1) is 43.1. The fraction of sp³-hybridized carbons (Fsp3) is 0.147. The number of primary amides is 1. The molecule has 0 aliphatic carbocycles. The van der Waals surface area contributed by atoms with Gasteiger partial charge in [0.15, 0.2) is 5.75 Å². The lowest BCUT2D eigenvalue weighted by Crippen LogP contribution is -2.30. The first-order valence-electron chi connectivity index (χ1n) is 16.2. The number of rotatable bonds is 15. The molecular weight excluding hydrogens is 825 g/mol. The number of carbonyl (C=O) groups is 2. The first-order valence-corrected chi connectivity index (χ1v) is 18.4. The molecule has 0 aliphatic heterocycles. The van der Waals surface area contributed by atoms with Gasteiger partial charge in [0.2, 0.25) is 5.88 Å². The summed E-state index contributed by atoms with van der Waals surface area (Å²) in [5.41, 5.74) is 3.05. The zero-order valence-corrected chi connectivity index (χ0v) is 32.3. The summed E-state index contributed by atoms with van der Waals surface area (Å²) < 4.78 is 49.0. The summed E-state index contributed by atoms with van der Waals surface area (Å²) in [7, 11) is -2.15. The zero-order valence-electron chi connectivity index (χ0n) is 30.7. The van der Waals surface area contributed by atoms with Crippen molar-refractivity contribution in [3.05, 3.63) is 75.6 Å². The van der Waals surface area contributed by atoms with Crippen LogP contribution in [-0.4, -0.2) is 69.3 Å². The number of carboxylic acid groups (broad SMARTS) is 1. The fourth-order valence-electron chi connectivity index (χ4n) is 5.49. The Hall–Kier alpha value is -7.03.